The predicted octanol–water partition coefficient (Wildman–Crippen LogP) is 2.78. The van der Waals surface area contributed by atoms with E-state index in [9.17, 15) is 4.79 Å². The first-order chi connectivity index (χ1) is 12.6. The first kappa shape index (κ1) is 17.5. The Morgan fingerprint density at radius 2 is 1.81 bits per heavy atom. The fraction of sp³-hybridized carbons (Fsp3) is 0.211. The molecule has 134 valence electrons. The number of hydrogen-bond acceptors (Lipinski definition) is 5. The van der Waals surface area contributed by atoms with Gasteiger partial charge in [-0.3, -0.25) is 4.79 Å². The molecule has 1 N–H and O–H groups in total. The van der Waals surface area contributed by atoms with Crippen LogP contribution in [0.3, 0.4) is 0 Å². The quantitative estimate of drug-likeness (QED) is 0.738. The SMILES string of the molecule is COc1ccc(C(C)NC(=O)c2ccc(-n3cncn3)cc2)cc1OC. The van der Waals surface area contributed by atoms with Crippen LogP contribution in [-0.4, -0.2) is 34.9 Å². The number of rotatable bonds is 6. The second kappa shape index (κ2) is 7.69. The standard InChI is InChI=1S/C19H20N4O3/c1-13(15-6-9-17(25-2)18(10-15)26-3)22-19(24)14-4-7-16(8-5-14)23-12-20-11-21-23/h4-13H,1-3H3,(H,22,24). The molecule has 0 bridgehead atoms. The monoisotopic (exact) mass is 352 g/mol. The molecule has 1 atom stereocenters. The Kier molecular flexibility index (Phi) is 5.17. The molecule has 7 heteroatoms. The fourth-order valence-corrected chi connectivity index (χ4v) is 2.59. The molecule has 2 aromatic carbocycles. The Morgan fingerprint density at radius 1 is 1.08 bits per heavy atom. The summed E-state index contributed by atoms with van der Waals surface area (Å²) in [6.07, 6.45) is 3.07. The molecule has 0 saturated heterocycles. The molecule has 1 amide bonds. The molecule has 1 aromatic heterocycles. The summed E-state index contributed by atoms with van der Waals surface area (Å²) in [5, 5.41) is 7.05. The van der Waals surface area contributed by atoms with E-state index in [-0.39, 0.29) is 11.9 Å². The average molecular weight is 352 g/mol. The van der Waals surface area contributed by atoms with Gasteiger partial charge in [0.15, 0.2) is 11.5 Å². The van der Waals surface area contributed by atoms with E-state index < -0.39 is 0 Å². The molecule has 1 heterocycles. The van der Waals surface area contributed by atoms with Crippen molar-refractivity contribution in [1.29, 1.82) is 0 Å². The molecule has 26 heavy (non-hydrogen) atoms. The number of hydrogen-bond donors (Lipinski definition) is 1. The lowest BCUT2D eigenvalue weighted by atomic mass is 10.1. The number of amides is 1. The van der Waals surface area contributed by atoms with Gasteiger partial charge in [0.25, 0.3) is 5.91 Å². The molecule has 3 aromatic rings. The van der Waals surface area contributed by atoms with E-state index in [2.05, 4.69) is 15.4 Å². The summed E-state index contributed by atoms with van der Waals surface area (Å²) in [5.41, 5.74) is 2.34. The van der Waals surface area contributed by atoms with E-state index >= 15 is 0 Å². The van der Waals surface area contributed by atoms with Crippen LogP contribution in [0.15, 0.2) is 55.1 Å². The smallest absolute Gasteiger partial charge is 0.251 e. The van der Waals surface area contributed by atoms with Gasteiger partial charge in [-0.1, -0.05) is 6.07 Å². The zero-order valence-electron chi connectivity index (χ0n) is 14.8. The lowest BCUT2D eigenvalue weighted by Gasteiger charge is -2.16. The number of benzene rings is 2. The molecule has 1 unspecified atom stereocenters. The Bertz CT molecular complexity index is 876. The highest BCUT2D eigenvalue weighted by molar-refractivity contribution is 5.94. The Morgan fingerprint density at radius 3 is 2.42 bits per heavy atom. The maximum absolute atomic E-state index is 12.5. The molecule has 0 aliphatic rings. The van der Waals surface area contributed by atoms with Crippen LogP contribution in [0.4, 0.5) is 0 Å². The van der Waals surface area contributed by atoms with Gasteiger partial charge in [0.1, 0.15) is 12.7 Å². The van der Waals surface area contributed by atoms with E-state index in [0.29, 0.717) is 17.1 Å². The van der Waals surface area contributed by atoms with E-state index in [4.69, 9.17) is 9.47 Å². The van der Waals surface area contributed by atoms with Crippen LogP contribution in [0.5, 0.6) is 11.5 Å². The van der Waals surface area contributed by atoms with Crippen LogP contribution in [0.2, 0.25) is 0 Å². The third kappa shape index (κ3) is 3.66. The van der Waals surface area contributed by atoms with Gasteiger partial charge < -0.3 is 14.8 Å². The fourth-order valence-electron chi connectivity index (χ4n) is 2.59. The third-order valence-electron chi connectivity index (χ3n) is 4.07. The molecule has 0 saturated carbocycles. The van der Waals surface area contributed by atoms with Crippen LogP contribution in [0, 0.1) is 0 Å². The lowest BCUT2D eigenvalue weighted by molar-refractivity contribution is 0.0940. The molecule has 0 fully saturated rings. The van der Waals surface area contributed by atoms with Crippen molar-refractivity contribution in [3.8, 4) is 17.2 Å². The minimum absolute atomic E-state index is 0.155. The van der Waals surface area contributed by atoms with Crippen LogP contribution in [-0.2, 0) is 0 Å². The number of nitrogens with zero attached hydrogens (tertiary/aromatic N) is 3. The van der Waals surface area contributed by atoms with Crippen molar-refractivity contribution in [2.75, 3.05) is 14.2 Å². The van der Waals surface area contributed by atoms with Gasteiger partial charge in [-0.05, 0) is 48.9 Å². The zero-order valence-corrected chi connectivity index (χ0v) is 14.8. The lowest BCUT2D eigenvalue weighted by Crippen LogP contribution is -2.26. The Labute approximate surface area is 151 Å². The normalized spacial score (nSPS) is 11.7. The zero-order chi connectivity index (χ0) is 18.5. The number of carbonyl (C=O) groups is 1. The van der Waals surface area contributed by atoms with E-state index in [1.807, 2.05) is 37.3 Å². The van der Waals surface area contributed by atoms with E-state index in [1.54, 1.807) is 37.4 Å². The van der Waals surface area contributed by atoms with Gasteiger partial charge >= 0.3 is 0 Å². The maximum atomic E-state index is 12.5. The highest BCUT2D eigenvalue weighted by Crippen LogP contribution is 2.29. The molecular weight excluding hydrogens is 332 g/mol. The number of nitrogens with one attached hydrogen (secondary N) is 1. The number of methoxy groups -OCH3 is 2. The molecule has 0 aliphatic carbocycles. The summed E-state index contributed by atoms with van der Waals surface area (Å²) < 4.78 is 12.2. The van der Waals surface area contributed by atoms with Gasteiger partial charge in [0.2, 0.25) is 0 Å². The number of ether oxygens (including phenoxy) is 2. The van der Waals surface area contributed by atoms with Gasteiger partial charge in [0.05, 0.1) is 25.9 Å². The number of aromatic nitrogens is 3. The van der Waals surface area contributed by atoms with Gasteiger partial charge in [-0.15, -0.1) is 0 Å². The summed E-state index contributed by atoms with van der Waals surface area (Å²) in [5.74, 6) is 1.12. The Hall–Kier alpha value is -3.35. The minimum atomic E-state index is -0.183. The van der Waals surface area contributed by atoms with Crippen molar-refractivity contribution in [3.63, 3.8) is 0 Å². The second-order valence-electron chi connectivity index (χ2n) is 5.70. The summed E-state index contributed by atoms with van der Waals surface area (Å²) in [6, 6.07) is 12.6. The molecule has 0 aliphatic heterocycles. The molecule has 3 rings (SSSR count). The molecule has 7 nitrogen and oxygen atoms in total. The minimum Gasteiger partial charge on any atom is -0.493 e. The topological polar surface area (TPSA) is 78.3 Å². The first-order valence-electron chi connectivity index (χ1n) is 8.10. The third-order valence-corrected chi connectivity index (χ3v) is 4.07. The van der Waals surface area contributed by atoms with Crippen LogP contribution in [0.1, 0.15) is 28.9 Å². The predicted molar refractivity (Wildman–Crippen MR) is 96.8 cm³/mol. The van der Waals surface area contributed by atoms with Gasteiger partial charge in [-0.25, -0.2) is 9.67 Å². The van der Waals surface area contributed by atoms with Crippen molar-refractivity contribution in [1.82, 2.24) is 20.1 Å². The van der Waals surface area contributed by atoms with Crippen LogP contribution in [0.25, 0.3) is 5.69 Å². The average Bonchev–Trinajstić information content (AvgIpc) is 3.22. The summed E-state index contributed by atoms with van der Waals surface area (Å²) in [6.45, 7) is 1.92. The summed E-state index contributed by atoms with van der Waals surface area (Å²) in [4.78, 5) is 16.4. The van der Waals surface area contributed by atoms with E-state index in [0.717, 1.165) is 11.3 Å². The summed E-state index contributed by atoms with van der Waals surface area (Å²) in [7, 11) is 3.17. The highest BCUT2D eigenvalue weighted by Gasteiger charge is 2.14. The molecule has 0 radical (unpaired) electrons. The van der Waals surface area contributed by atoms with Crippen molar-refractivity contribution >= 4 is 5.91 Å². The molecule has 0 spiro atoms. The number of carbonyl (C=O) groups excluding carboxylic acids is 1. The van der Waals surface area contributed by atoms with Crippen molar-refractivity contribution in [2.45, 2.75) is 13.0 Å². The van der Waals surface area contributed by atoms with Crippen molar-refractivity contribution in [3.05, 3.63) is 66.2 Å². The Balaban J connectivity index is 1.71. The van der Waals surface area contributed by atoms with Gasteiger partial charge in [-0.2, -0.15) is 5.10 Å². The van der Waals surface area contributed by atoms with Crippen LogP contribution >= 0.6 is 0 Å². The van der Waals surface area contributed by atoms with Crippen molar-refractivity contribution < 1.29 is 14.3 Å². The van der Waals surface area contributed by atoms with Crippen LogP contribution < -0.4 is 14.8 Å². The van der Waals surface area contributed by atoms with E-state index in [1.165, 1.54) is 6.33 Å². The van der Waals surface area contributed by atoms with Crippen molar-refractivity contribution in [2.24, 2.45) is 0 Å². The second-order valence-corrected chi connectivity index (χ2v) is 5.70. The maximum Gasteiger partial charge on any atom is 0.251 e. The molecular formula is C19H20N4O3. The highest BCUT2D eigenvalue weighted by atomic mass is 16.5. The van der Waals surface area contributed by atoms with Gasteiger partial charge in [0, 0.05) is 5.56 Å². The first-order valence-corrected chi connectivity index (χ1v) is 8.10. The largest absolute Gasteiger partial charge is 0.493 e. The summed E-state index contributed by atoms with van der Waals surface area (Å²) >= 11 is 0.